The van der Waals surface area contributed by atoms with E-state index in [-0.39, 0.29) is 23.3 Å². The van der Waals surface area contributed by atoms with Crippen molar-refractivity contribution in [3.63, 3.8) is 0 Å². The highest BCUT2D eigenvalue weighted by molar-refractivity contribution is 7.99. The standard InChI is InChI=1S/C9H13N3O3S/c1-5(8(14)15-2)4-16-9-11-6(10)3-7(13)12-9/h3,5H,4H2,1-2H3,(H3,10,11,12,13). The van der Waals surface area contributed by atoms with Gasteiger partial charge >= 0.3 is 5.97 Å². The summed E-state index contributed by atoms with van der Waals surface area (Å²) in [6.45, 7) is 1.74. The first kappa shape index (κ1) is 12.6. The van der Waals surface area contributed by atoms with Gasteiger partial charge in [0.2, 0.25) is 0 Å². The number of aromatic amines is 1. The van der Waals surface area contributed by atoms with Gasteiger partial charge in [-0.05, 0) is 0 Å². The van der Waals surface area contributed by atoms with E-state index in [0.717, 1.165) is 0 Å². The topological polar surface area (TPSA) is 98.1 Å². The summed E-state index contributed by atoms with van der Waals surface area (Å²) in [4.78, 5) is 28.6. The molecular formula is C9H13N3O3S. The molecule has 1 heterocycles. The van der Waals surface area contributed by atoms with Crippen molar-refractivity contribution in [3.8, 4) is 0 Å². The van der Waals surface area contributed by atoms with Crippen molar-refractivity contribution in [2.24, 2.45) is 5.92 Å². The third-order valence-electron chi connectivity index (χ3n) is 1.81. The first-order chi connectivity index (χ1) is 7.52. The second-order valence-corrected chi connectivity index (χ2v) is 4.22. The minimum absolute atomic E-state index is 0.164. The summed E-state index contributed by atoms with van der Waals surface area (Å²) in [6.07, 6.45) is 0. The lowest BCUT2D eigenvalue weighted by Crippen LogP contribution is -2.16. The monoisotopic (exact) mass is 243 g/mol. The molecule has 0 radical (unpaired) electrons. The SMILES string of the molecule is COC(=O)C(C)CSc1nc(N)cc(=O)[nH]1. The molecule has 0 amide bonds. The van der Waals surface area contributed by atoms with E-state index in [4.69, 9.17) is 5.73 Å². The van der Waals surface area contributed by atoms with Crippen molar-refractivity contribution in [2.75, 3.05) is 18.6 Å². The number of hydrogen-bond donors (Lipinski definition) is 2. The van der Waals surface area contributed by atoms with Crippen LogP contribution in [0.25, 0.3) is 0 Å². The van der Waals surface area contributed by atoms with Gasteiger partial charge in [-0.1, -0.05) is 18.7 Å². The van der Waals surface area contributed by atoms with E-state index in [0.29, 0.717) is 10.9 Å². The van der Waals surface area contributed by atoms with Crippen LogP contribution in [-0.4, -0.2) is 28.8 Å². The molecule has 0 spiro atoms. The Bertz CT molecular complexity index is 432. The Labute approximate surface area is 96.6 Å². The molecule has 0 saturated heterocycles. The second kappa shape index (κ2) is 5.55. The zero-order chi connectivity index (χ0) is 12.1. The Morgan fingerprint density at radius 1 is 1.75 bits per heavy atom. The number of nitrogens with zero attached hydrogens (tertiary/aromatic N) is 1. The van der Waals surface area contributed by atoms with Crippen molar-refractivity contribution in [3.05, 3.63) is 16.4 Å². The van der Waals surface area contributed by atoms with Gasteiger partial charge in [0.15, 0.2) is 5.16 Å². The van der Waals surface area contributed by atoms with Crippen LogP contribution >= 0.6 is 11.8 Å². The fourth-order valence-electron chi connectivity index (χ4n) is 0.995. The zero-order valence-corrected chi connectivity index (χ0v) is 9.84. The number of anilines is 1. The molecule has 1 rings (SSSR count). The molecule has 0 aliphatic heterocycles. The maximum absolute atomic E-state index is 11.1. The average Bonchev–Trinajstić information content (AvgIpc) is 2.23. The molecule has 6 nitrogen and oxygen atoms in total. The van der Waals surface area contributed by atoms with E-state index in [1.165, 1.54) is 24.9 Å². The lowest BCUT2D eigenvalue weighted by molar-refractivity contribution is -0.143. The van der Waals surface area contributed by atoms with Crippen molar-refractivity contribution in [1.82, 2.24) is 9.97 Å². The van der Waals surface area contributed by atoms with Gasteiger partial charge in [0, 0.05) is 11.8 Å². The predicted molar refractivity (Wildman–Crippen MR) is 61.2 cm³/mol. The van der Waals surface area contributed by atoms with E-state index in [9.17, 15) is 9.59 Å². The van der Waals surface area contributed by atoms with Gasteiger partial charge in [0.25, 0.3) is 5.56 Å². The van der Waals surface area contributed by atoms with E-state index in [1.807, 2.05) is 0 Å². The zero-order valence-electron chi connectivity index (χ0n) is 9.02. The Morgan fingerprint density at radius 3 is 3.00 bits per heavy atom. The van der Waals surface area contributed by atoms with Crippen molar-refractivity contribution >= 4 is 23.5 Å². The minimum Gasteiger partial charge on any atom is -0.469 e. The van der Waals surface area contributed by atoms with Crippen LogP contribution in [0.1, 0.15) is 6.92 Å². The smallest absolute Gasteiger partial charge is 0.309 e. The van der Waals surface area contributed by atoms with Crippen molar-refractivity contribution < 1.29 is 9.53 Å². The molecule has 1 unspecified atom stereocenters. The molecule has 0 aromatic carbocycles. The Morgan fingerprint density at radius 2 is 2.44 bits per heavy atom. The number of thioether (sulfide) groups is 1. The molecule has 0 fully saturated rings. The Kier molecular flexibility index (Phi) is 4.36. The number of nitrogens with two attached hydrogens (primary N) is 1. The number of nitrogens with one attached hydrogen (secondary N) is 1. The van der Waals surface area contributed by atoms with Crippen LogP contribution in [0.4, 0.5) is 5.82 Å². The molecular weight excluding hydrogens is 230 g/mol. The third-order valence-corrected chi connectivity index (χ3v) is 2.95. The fourth-order valence-corrected chi connectivity index (χ4v) is 1.88. The number of carbonyl (C=O) groups excluding carboxylic acids is 1. The highest BCUT2D eigenvalue weighted by Crippen LogP contribution is 2.16. The van der Waals surface area contributed by atoms with Crippen LogP contribution in [0.5, 0.6) is 0 Å². The third kappa shape index (κ3) is 3.58. The highest BCUT2D eigenvalue weighted by Gasteiger charge is 2.14. The molecule has 7 heteroatoms. The van der Waals surface area contributed by atoms with Crippen LogP contribution in [0.15, 0.2) is 16.0 Å². The Balaban J connectivity index is 2.61. The first-order valence-electron chi connectivity index (χ1n) is 4.60. The highest BCUT2D eigenvalue weighted by atomic mass is 32.2. The van der Waals surface area contributed by atoms with Gasteiger partial charge in [0.05, 0.1) is 13.0 Å². The quantitative estimate of drug-likeness (QED) is 0.447. The van der Waals surface area contributed by atoms with Gasteiger partial charge in [-0.15, -0.1) is 0 Å². The number of ether oxygens (including phenoxy) is 1. The maximum Gasteiger partial charge on any atom is 0.309 e. The van der Waals surface area contributed by atoms with E-state index in [2.05, 4.69) is 14.7 Å². The summed E-state index contributed by atoms with van der Waals surface area (Å²) in [6, 6.07) is 1.20. The molecule has 0 aliphatic carbocycles. The summed E-state index contributed by atoms with van der Waals surface area (Å²) in [5.41, 5.74) is 5.11. The fraction of sp³-hybridized carbons (Fsp3) is 0.444. The second-order valence-electron chi connectivity index (χ2n) is 3.21. The number of H-pyrrole nitrogens is 1. The number of esters is 1. The van der Waals surface area contributed by atoms with Gasteiger partial charge in [0.1, 0.15) is 5.82 Å². The first-order valence-corrected chi connectivity index (χ1v) is 5.59. The normalized spacial score (nSPS) is 12.1. The summed E-state index contributed by atoms with van der Waals surface area (Å²) >= 11 is 1.25. The molecule has 3 N–H and O–H groups in total. The molecule has 1 aromatic rings. The summed E-state index contributed by atoms with van der Waals surface area (Å²) < 4.78 is 4.58. The van der Waals surface area contributed by atoms with Crippen molar-refractivity contribution in [1.29, 1.82) is 0 Å². The maximum atomic E-state index is 11.1. The average molecular weight is 243 g/mol. The van der Waals surface area contributed by atoms with E-state index < -0.39 is 0 Å². The number of aromatic nitrogens is 2. The van der Waals surface area contributed by atoms with E-state index in [1.54, 1.807) is 6.92 Å². The number of nitrogen functional groups attached to an aromatic ring is 1. The van der Waals surface area contributed by atoms with Gasteiger partial charge < -0.3 is 15.5 Å². The van der Waals surface area contributed by atoms with Crippen LogP contribution < -0.4 is 11.3 Å². The number of hydrogen-bond acceptors (Lipinski definition) is 6. The number of rotatable bonds is 4. The molecule has 1 aromatic heterocycles. The summed E-state index contributed by atoms with van der Waals surface area (Å²) in [5.74, 6) is 0.0800. The van der Waals surface area contributed by atoms with Gasteiger partial charge in [-0.3, -0.25) is 9.59 Å². The molecule has 0 saturated carbocycles. The summed E-state index contributed by atoms with van der Waals surface area (Å²) in [5, 5.41) is 0.403. The van der Waals surface area contributed by atoms with Crippen LogP contribution in [-0.2, 0) is 9.53 Å². The molecule has 88 valence electrons. The van der Waals surface area contributed by atoms with E-state index >= 15 is 0 Å². The molecule has 1 atom stereocenters. The Hall–Kier alpha value is -1.50. The van der Waals surface area contributed by atoms with Gasteiger partial charge in [-0.25, -0.2) is 4.98 Å². The minimum atomic E-state index is -0.305. The molecule has 16 heavy (non-hydrogen) atoms. The molecule has 0 bridgehead atoms. The number of methoxy groups -OCH3 is 1. The molecule has 0 aliphatic rings. The van der Waals surface area contributed by atoms with Crippen molar-refractivity contribution in [2.45, 2.75) is 12.1 Å². The predicted octanol–water partition coefficient (Wildman–Crippen LogP) is 0.253. The van der Waals surface area contributed by atoms with Crippen LogP contribution in [0.2, 0.25) is 0 Å². The number of carbonyl (C=O) groups is 1. The lowest BCUT2D eigenvalue weighted by atomic mass is 10.2. The van der Waals surface area contributed by atoms with Crippen LogP contribution in [0, 0.1) is 5.92 Å². The largest absolute Gasteiger partial charge is 0.469 e. The van der Waals surface area contributed by atoms with Crippen LogP contribution in [0.3, 0.4) is 0 Å². The summed E-state index contributed by atoms with van der Waals surface area (Å²) in [7, 11) is 1.34. The van der Waals surface area contributed by atoms with Gasteiger partial charge in [-0.2, -0.15) is 0 Å². The lowest BCUT2D eigenvalue weighted by Gasteiger charge is -2.07.